The molecule has 0 aromatic carbocycles. The van der Waals surface area contributed by atoms with Crippen LogP contribution in [0.4, 0.5) is 0 Å². The van der Waals surface area contributed by atoms with Crippen LogP contribution in [0.25, 0.3) is 0 Å². The Bertz CT molecular complexity index is 146. The summed E-state index contributed by atoms with van der Waals surface area (Å²) in [6.07, 6.45) is 8.35. The van der Waals surface area contributed by atoms with Crippen molar-refractivity contribution >= 4 is 0 Å². The maximum Gasteiger partial charge on any atom is 0.0163 e. The quantitative estimate of drug-likeness (QED) is 0.669. The van der Waals surface area contributed by atoms with Crippen molar-refractivity contribution in [1.29, 1.82) is 0 Å². The molecule has 0 atom stereocenters. The highest BCUT2D eigenvalue weighted by molar-refractivity contribution is 4.86. The normalized spacial score (nSPS) is 21.4. The molecule has 0 unspecified atom stereocenters. The first-order valence-corrected chi connectivity index (χ1v) is 5.44. The van der Waals surface area contributed by atoms with E-state index in [1.54, 1.807) is 0 Å². The van der Waals surface area contributed by atoms with Crippen molar-refractivity contribution in [2.75, 3.05) is 26.2 Å². The lowest BCUT2D eigenvalue weighted by Crippen LogP contribution is -2.33. The van der Waals surface area contributed by atoms with Crippen molar-refractivity contribution in [2.24, 2.45) is 11.7 Å². The molecule has 0 saturated carbocycles. The third kappa shape index (κ3) is 3.92. The molecule has 0 bridgehead atoms. The molecular weight excluding hydrogens is 160 g/mol. The van der Waals surface area contributed by atoms with Gasteiger partial charge < -0.3 is 5.73 Å². The van der Waals surface area contributed by atoms with Crippen LogP contribution in [0.5, 0.6) is 0 Å². The Labute approximate surface area is 81.8 Å². The zero-order valence-electron chi connectivity index (χ0n) is 8.71. The third-order valence-corrected chi connectivity index (χ3v) is 2.95. The zero-order valence-corrected chi connectivity index (χ0v) is 8.71. The lowest BCUT2D eigenvalue weighted by Gasteiger charge is -2.30. The lowest BCUT2D eigenvalue weighted by atomic mass is 9.94. The molecule has 0 radical (unpaired) electrons. The van der Waals surface area contributed by atoms with Crippen LogP contribution in [0.15, 0.2) is 12.2 Å². The Balaban J connectivity index is 2.14. The van der Waals surface area contributed by atoms with E-state index < -0.39 is 0 Å². The van der Waals surface area contributed by atoms with Gasteiger partial charge in [0.05, 0.1) is 0 Å². The highest BCUT2D eigenvalue weighted by Crippen LogP contribution is 2.19. The SMILES string of the molecule is CCC1CCN(CC=CCN)CC1. The Kier molecular flexibility index (Phi) is 5.09. The van der Waals surface area contributed by atoms with Crippen LogP contribution < -0.4 is 5.73 Å². The Hall–Kier alpha value is -0.340. The number of likely N-dealkylation sites (tertiary alicyclic amines) is 1. The Morgan fingerprint density at radius 1 is 1.31 bits per heavy atom. The van der Waals surface area contributed by atoms with Gasteiger partial charge in [-0.25, -0.2) is 0 Å². The molecular formula is C11H22N2. The summed E-state index contributed by atoms with van der Waals surface area (Å²) in [5, 5.41) is 0. The fourth-order valence-corrected chi connectivity index (χ4v) is 1.90. The second-order valence-electron chi connectivity index (χ2n) is 3.86. The molecule has 0 spiro atoms. The van der Waals surface area contributed by atoms with Crippen LogP contribution in [-0.4, -0.2) is 31.1 Å². The first-order valence-electron chi connectivity index (χ1n) is 5.44. The summed E-state index contributed by atoms with van der Waals surface area (Å²) < 4.78 is 0. The first kappa shape index (κ1) is 10.7. The largest absolute Gasteiger partial charge is 0.327 e. The smallest absolute Gasteiger partial charge is 0.0163 e. The first-order chi connectivity index (χ1) is 6.36. The molecule has 1 aliphatic rings. The summed E-state index contributed by atoms with van der Waals surface area (Å²) in [7, 11) is 0. The number of hydrogen-bond donors (Lipinski definition) is 1. The van der Waals surface area contributed by atoms with E-state index in [0.717, 1.165) is 12.5 Å². The summed E-state index contributed by atoms with van der Waals surface area (Å²) in [4.78, 5) is 2.51. The van der Waals surface area contributed by atoms with Gasteiger partial charge in [0.2, 0.25) is 0 Å². The van der Waals surface area contributed by atoms with Crippen LogP contribution in [0.3, 0.4) is 0 Å². The molecule has 0 aliphatic carbocycles. The van der Waals surface area contributed by atoms with Gasteiger partial charge in [0.15, 0.2) is 0 Å². The molecule has 2 N–H and O–H groups in total. The molecule has 1 fully saturated rings. The van der Waals surface area contributed by atoms with Gasteiger partial charge in [0, 0.05) is 13.1 Å². The highest BCUT2D eigenvalue weighted by Gasteiger charge is 2.15. The molecule has 13 heavy (non-hydrogen) atoms. The van der Waals surface area contributed by atoms with Gasteiger partial charge in [-0.2, -0.15) is 0 Å². The summed E-state index contributed by atoms with van der Waals surface area (Å²) >= 11 is 0. The van der Waals surface area contributed by atoms with Crippen molar-refractivity contribution in [3.05, 3.63) is 12.2 Å². The third-order valence-electron chi connectivity index (χ3n) is 2.95. The van der Waals surface area contributed by atoms with Crippen LogP contribution in [0.1, 0.15) is 26.2 Å². The molecule has 0 aromatic heterocycles. The van der Waals surface area contributed by atoms with E-state index in [-0.39, 0.29) is 0 Å². The molecule has 1 rings (SSSR count). The van der Waals surface area contributed by atoms with Crippen LogP contribution in [0.2, 0.25) is 0 Å². The van der Waals surface area contributed by atoms with E-state index in [0.29, 0.717) is 6.54 Å². The van der Waals surface area contributed by atoms with Gasteiger partial charge in [-0.15, -0.1) is 0 Å². The molecule has 1 aliphatic heterocycles. The van der Waals surface area contributed by atoms with E-state index in [1.165, 1.54) is 32.4 Å². The minimum absolute atomic E-state index is 0.672. The number of nitrogens with two attached hydrogens (primary N) is 1. The van der Waals surface area contributed by atoms with Gasteiger partial charge >= 0.3 is 0 Å². The van der Waals surface area contributed by atoms with Crippen molar-refractivity contribution < 1.29 is 0 Å². The Morgan fingerprint density at radius 2 is 2.00 bits per heavy atom. The summed E-state index contributed by atoms with van der Waals surface area (Å²) in [5.41, 5.74) is 5.38. The number of nitrogens with zero attached hydrogens (tertiary/aromatic N) is 1. The lowest BCUT2D eigenvalue weighted by molar-refractivity contribution is 0.198. The summed E-state index contributed by atoms with van der Waals surface area (Å²) in [6.45, 7) is 6.61. The molecule has 0 aromatic rings. The van der Waals surface area contributed by atoms with E-state index in [9.17, 15) is 0 Å². The maximum atomic E-state index is 5.38. The van der Waals surface area contributed by atoms with Gasteiger partial charge in [-0.05, 0) is 31.8 Å². The predicted octanol–water partition coefficient (Wildman–Crippen LogP) is 1.62. The minimum atomic E-state index is 0.672. The molecule has 2 heteroatoms. The van der Waals surface area contributed by atoms with Crippen molar-refractivity contribution in [1.82, 2.24) is 4.90 Å². The average Bonchev–Trinajstić information content (AvgIpc) is 2.19. The predicted molar refractivity (Wildman–Crippen MR) is 57.6 cm³/mol. The van der Waals surface area contributed by atoms with E-state index >= 15 is 0 Å². The molecule has 76 valence electrons. The number of hydrogen-bond acceptors (Lipinski definition) is 2. The zero-order chi connectivity index (χ0) is 9.52. The maximum absolute atomic E-state index is 5.38. The number of rotatable bonds is 4. The van der Waals surface area contributed by atoms with Crippen LogP contribution in [-0.2, 0) is 0 Å². The fourth-order valence-electron chi connectivity index (χ4n) is 1.90. The van der Waals surface area contributed by atoms with Gasteiger partial charge in [-0.1, -0.05) is 25.5 Å². The standard InChI is InChI=1S/C11H22N2/c1-2-11-5-9-13(10-6-11)8-4-3-7-12/h3-4,11H,2,5-10,12H2,1H3. The van der Waals surface area contributed by atoms with Gasteiger partial charge in [0.25, 0.3) is 0 Å². The topological polar surface area (TPSA) is 29.3 Å². The van der Waals surface area contributed by atoms with Crippen molar-refractivity contribution in [2.45, 2.75) is 26.2 Å². The monoisotopic (exact) mass is 182 g/mol. The number of piperidine rings is 1. The Morgan fingerprint density at radius 3 is 2.54 bits per heavy atom. The minimum Gasteiger partial charge on any atom is -0.327 e. The summed E-state index contributed by atoms with van der Waals surface area (Å²) in [6, 6.07) is 0. The second kappa shape index (κ2) is 6.17. The van der Waals surface area contributed by atoms with Crippen molar-refractivity contribution in [3.8, 4) is 0 Å². The average molecular weight is 182 g/mol. The highest BCUT2D eigenvalue weighted by atomic mass is 15.1. The van der Waals surface area contributed by atoms with Crippen molar-refractivity contribution in [3.63, 3.8) is 0 Å². The van der Waals surface area contributed by atoms with E-state index in [1.807, 2.05) is 6.08 Å². The van der Waals surface area contributed by atoms with E-state index in [2.05, 4.69) is 17.9 Å². The molecule has 2 nitrogen and oxygen atoms in total. The molecule has 1 heterocycles. The van der Waals surface area contributed by atoms with Gasteiger partial charge in [0.1, 0.15) is 0 Å². The van der Waals surface area contributed by atoms with Crippen LogP contribution in [0, 0.1) is 5.92 Å². The fraction of sp³-hybridized carbons (Fsp3) is 0.818. The van der Waals surface area contributed by atoms with Crippen LogP contribution >= 0.6 is 0 Å². The second-order valence-corrected chi connectivity index (χ2v) is 3.86. The molecule has 1 saturated heterocycles. The molecule has 0 amide bonds. The summed E-state index contributed by atoms with van der Waals surface area (Å²) in [5.74, 6) is 0.981. The van der Waals surface area contributed by atoms with E-state index in [4.69, 9.17) is 5.73 Å². The van der Waals surface area contributed by atoms with Gasteiger partial charge in [-0.3, -0.25) is 4.90 Å².